The SMILES string of the molecule is [B]c1ccc(OC[C@@H]2CNCCO2)c(NC(=O)Nc2cnc(C)cn2)c1. The highest BCUT2D eigenvalue weighted by atomic mass is 16.5. The van der Waals surface area contributed by atoms with Gasteiger partial charge in [0.2, 0.25) is 0 Å². The molecule has 134 valence electrons. The Kier molecular flexibility index (Phi) is 6.03. The van der Waals surface area contributed by atoms with Crippen LogP contribution in [0.3, 0.4) is 0 Å². The summed E-state index contributed by atoms with van der Waals surface area (Å²) in [5, 5.41) is 8.58. The minimum atomic E-state index is -0.464. The molecule has 2 radical (unpaired) electrons. The third-order valence-corrected chi connectivity index (χ3v) is 3.70. The highest BCUT2D eigenvalue weighted by Gasteiger charge is 2.16. The van der Waals surface area contributed by atoms with Gasteiger partial charge in [0.05, 0.1) is 30.4 Å². The van der Waals surface area contributed by atoms with Crippen molar-refractivity contribution in [2.45, 2.75) is 13.0 Å². The van der Waals surface area contributed by atoms with E-state index in [1.165, 1.54) is 6.20 Å². The Morgan fingerprint density at radius 2 is 2.27 bits per heavy atom. The molecule has 1 atom stereocenters. The van der Waals surface area contributed by atoms with E-state index in [0.29, 0.717) is 35.9 Å². The Labute approximate surface area is 153 Å². The van der Waals surface area contributed by atoms with E-state index in [4.69, 9.17) is 17.3 Å². The second-order valence-electron chi connectivity index (χ2n) is 5.89. The Bertz CT molecular complexity index is 751. The van der Waals surface area contributed by atoms with Gasteiger partial charge in [-0.15, -0.1) is 0 Å². The van der Waals surface area contributed by atoms with E-state index in [-0.39, 0.29) is 6.10 Å². The van der Waals surface area contributed by atoms with E-state index in [9.17, 15) is 4.79 Å². The van der Waals surface area contributed by atoms with E-state index in [1.807, 2.05) is 6.92 Å². The Hall–Kier alpha value is -2.65. The van der Waals surface area contributed by atoms with E-state index in [1.54, 1.807) is 24.4 Å². The molecule has 1 saturated heterocycles. The van der Waals surface area contributed by atoms with Gasteiger partial charge in [-0.1, -0.05) is 11.5 Å². The van der Waals surface area contributed by atoms with Crippen molar-refractivity contribution in [2.75, 3.05) is 36.9 Å². The van der Waals surface area contributed by atoms with Gasteiger partial charge in [0.1, 0.15) is 26.3 Å². The molecule has 0 unspecified atom stereocenters. The molecule has 0 bridgehead atoms. The summed E-state index contributed by atoms with van der Waals surface area (Å²) < 4.78 is 11.4. The Balaban J connectivity index is 1.62. The number of carbonyl (C=O) groups excluding carboxylic acids is 1. The number of hydrogen-bond donors (Lipinski definition) is 3. The minimum Gasteiger partial charge on any atom is -0.489 e. The number of ether oxygens (including phenoxy) is 2. The van der Waals surface area contributed by atoms with Crippen LogP contribution in [0.15, 0.2) is 30.6 Å². The van der Waals surface area contributed by atoms with Crippen molar-refractivity contribution in [3.05, 3.63) is 36.3 Å². The third-order valence-electron chi connectivity index (χ3n) is 3.70. The van der Waals surface area contributed by atoms with Crippen molar-refractivity contribution < 1.29 is 14.3 Å². The number of aromatic nitrogens is 2. The van der Waals surface area contributed by atoms with E-state index in [2.05, 4.69) is 25.9 Å². The second-order valence-corrected chi connectivity index (χ2v) is 5.89. The number of nitrogens with zero attached hydrogens (tertiary/aromatic N) is 2. The summed E-state index contributed by atoms with van der Waals surface area (Å²) in [6.45, 7) is 4.41. The van der Waals surface area contributed by atoms with Crippen LogP contribution in [-0.4, -0.2) is 56.3 Å². The van der Waals surface area contributed by atoms with Gasteiger partial charge >= 0.3 is 6.03 Å². The summed E-state index contributed by atoms with van der Waals surface area (Å²) in [5.41, 5.74) is 1.74. The smallest absolute Gasteiger partial charge is 0.324 e. The maximum Gasteiger partial charge on any atom is 0.324 e. The quantitative estimate of drug-likeness (QED) is 0.681. The predicted octanol–water partition coefficient (Wildman–Crippen LogP) is 0.590. The average Bonchev–Trinajstić information content (AvgIpc) is 2.64. The highest BCUT2D eigenvalue weighted by molar-refractivity contribution is 6.32. The number of nitrogens with one attached hydrogen (secondary N) is 3. The molecule has 0 spiro atoms. The molecule has 9 heteroatoms. The third kappa shape index (κ3) is 5.17. The largest absolute Gasteiger partial charge is 0.489 e. The van der Waals surface area contributed by atoms with Crippen LogP contribution in [0.25, 0.3) is 0 Å². The first kappa shape index (κ1) is 18.2. The van der Waals surface area contributed by atoms with E-state index in [0.717, 1.165) is 18.8 Å². The lowest BCUT2D eigenvalue weighted by Crippen LogP contribution is -2.41. The fourth-order valence-electron chi connectivity index (χ4n) is 2.41. The predicted molar refractivity (Wildman–Crippen MR) is 99.3 cm³/mol. The molecule has 2 aromatic rings. The van der Waals surface area contributed by atoms with Crippen LogP contribution < -0.4 is 26.2 Å². The fraction of sp³-hybridized carbons (Fsp3) is 0.353. The number of morpholine rings is 1. The van der Waals surface area contributed by atoms with Crippen LogP contribution in [0.2, 0.25) is 0 Å². The van der Waals surface area contributed by atoms with Gasteiger partial charge in [-0.3, -0.25) is 10.3 Å². The number of amides is 2. The maximum atomic E-state index is 12.2. The normalized spacial score (nSPS) is 16.7. The molecule has 2 amide bonds. The lowest BCUT2D eigenvalue weighted by Gasteiger charge is -2.24. The summed E-state index contributed by atoms with van der Waals surface area (Å²) in [6.07, 6.45) is 3.02. The first-order valence-corrected chi connectivity index (χ1v) is 8.31. The average molecular weight is 353 g/mol. The monoisotopic (exact) mass is 353 g/mol. The Morgan fingerprint density at radius 1 is 1.38 bits per heavy atom. The van der Waals surface area contributed by atoms with Gasteiger partial charge < -0.3 is 20.1 Å². The van der Waals surface area contributed by atoms with Gasteiger partial charge in [-0.25, -0.2) is 9.78 Å². The zero-order chi connectivity index (χ0) is 18.4. The van der Waals surface area contributed by atoms with Crippen molar-refractivity contribution in [1.82, 2.24) is 15.3 Å². The molecule has 1 aromatic carbocycles. The van der Waals surface area contributed by atoms with Crippen LogP contribution in [0, 0.1) is 6.92 Å². The Morgan fingerprint density at radius 3 is 3.00 bits per heavy atom. The van der Waals surface area contributed by atoms with Crippen LogP contribution in [0.4, 0.5) is 16.3 Å². The van der Waals surface area contributed by atoms with Gasteiger partial charge in [0.25, 0.3) is 0 Å². The number of benzene rings is 1. The highest BCUT2D eigenvalue weighted by Crippen LogP contribution is 2.23. The van der Waals surface area contributed by atoms with Gasteiger partial charge in [0.15, 0.2) is 5.82 Å². The molecule has 3 rings (SSSR count). The first-order valence-electron chi connectivity index (χ1n) is 8.31. The van der Waals surface area contributed by atoms with Crippen molar-refractivity contribution in [3.63, 3.8) is 0 Å². The lowest BCUT2D eigenvalue weighted by molar-refractivity contribution is 0.000355. The van der Waals surface area contributed by atoms with Crippen LogP contribution >= 0.6 is 0 Å². The summed E-state index contributed by atoms with van der Waals surface area (Å²) in [5.74, 6) is 0.861. The molecule has 0 aliphatic carbocycles. The number of anilines is 2. The van der Waals surface area contributed by atoms with Crippen LogP contribution in [0.1, 0.15) is 5.69 Å². The van der Waals surface area contributed by atoms with Crippen molar-refractivity contribution in [1.29, 1.82) is 0 Å². The van der Waals surface area contributed by atoms with E-state index < -0.39 is 6.03 Å². The molecule has 1 aromatic heterocycles. The summed E-state index contributed by atoms with van der Waals surface area (Å²) in [6, 6.07) is 4.60. The summed E-state index contributed by atoms with van der Waals surface area (Å²) >= 11 is 0. The molecular formula is C17H20BN5O3. The molecule has 26 heavy (non-hydrogen) atoms. The van der Waals surface area contributed by atoms with Crippen LogP contribution in [0.5, 0.6) is 5.75 Å². The molecule has 3 N–H and O–H groups in total. The van der Waals surface area contributed by atoms with Crippen LogP contribution in [-0.2, 0) is 4.74 Å². The number of aryl methyl sites for hydroxylation is 1. The van der Waals surface area contributed by atoms with Gasteiger partial charge in [0, 0.05) is 13.1 Å². The zero-order valence-corrected chi connectivity index (χ0v) is 14.5. The maximum absolute atomic E-state index is 12.2. The molecule has 0 saturated carbocycles. The number of carbonyl (C=O) groups is 1. The molecule has 2 heterocycles. The summed E-state index contributed by atoms with van der Waals surface area (Å²) in [7, 11) is 5.83. The number of urea groups is 1. The second kappa shape index (κ2) is 8.64. The van der Waals surface area contributed by atoms with Crippen molar-refractivity contribution in [2.24, 2.45) is 0 Å². The fourth-order valence-corrected chi connectivity index (χ4v) is 2.41. The van der Waals surface area contributed by atoms with Crippen molar-refractivity contribution >= 4 is 30.8 Å². The molecule has 1 fully saturated rings. The number of rotatable bonds is 5. The number of hydrogen-bond acceptors (Lipinski definition) is 6. The first-order chi connectivity index (χ1) is 12.6. The zero-order valence-electron chi connectivity index (χ0n) is 14.5. The topological polar surface area (TPSA) is 97.4 Å². The molecule has 1 aliphatic rings. The lowest BCUT2D eigenvalue weighted by atomic mass is 9.95. The molecular weight excluding hydrogens is 333 g/mol. The van der Waals surface area contributed by atoms with Gasteiger partial charge in [-0.2, -0.15) is 0 Å². The van der Waals surface area contributed by atoms with Gasteiger partial charge in [-0.05, 0) is 19.1 Å². The minimum absolute atomic E-state index is 0.0363. The van der Waals surface area contributed by atoms with E-state index >= 15 is 0 Å². The molecule has 1 aliphatic heterocycles. The molecule has 8 nitrogen and oxygen atoms in total. The summed E-state index contributed by atoms with van der Waals surface area (Å²) in [4.78, 5) is 20.4. The van der Waals surface area contributed by atoms with Crippen molar-refractivity contribution in [3.8, 4) is 5.75 Å². The standard InChI is InChI=1S/C17H20BN5O3/c1-11-7-21-16(9-20-11)23-17(24)22-14-6-12(18)2-3-15(14)26-10-13-8-19-4-5-25-13/h2-3,6-7,9,13,19H,4-5,8,10H2,1H3,(H2,21,22,23,24)/t13-/m0/s1.